The summed E-state index contributed by atoms with van der Waals surface area (Å²) < 4.78 is 6.51. The molecular formula is C16H34OSi. The van der Waals surface area contributed by atoms with Crippen molar-refractivity contribution >= 4 is 8.32 Å². The monoisotopic (exact) mass is 270 g/mol. The van der Waals surface area contributed by atoms with Gasteiger partial charge in [-0.15, -0.1) is 0 Å². The largest absolute Gasteiger partial charge is 0.410 e. The Kier molecular flexibility index (Phi) is 5.89. The molecule has 0 saturated heterocycles. The zero-order valence-corrected chi connectivity index (χ0v) is 15.2. The number of allylic oxidation sites excluding steroid dienone is 1. The lowest BCUT2D eigenvalue weighted by Crippen LogP contribution is -2.44. The maximum atomic E-state index is 6.51. The van der Waals surface area contributed by atoms with Gasteiger partial charge in [-0.05, 0) is 29.5 Å². The molecule has 1 unspecified atom stereocenters. The molecule has 1 nitrogen and oxygen atoms in total. The molecule has 18 heavy (non-hydrogen) atoms. The molecule has 0 amide bonds. The highest BCUT2D eigenvalue weighted by Crippen LogP contribution is 2.38. The van der Waals surface area contributed by atoms with Crippen LogP contribution in [0.4, 0.5) is 0 Å². The fourth-order valence-electron chi connectivity index (χ4n) is 1.30. The summed E-state index contributed by atoms with van der Waals surface area (Å²) in [6.07, 6.45) is 4.79. The summed E-state index contributed by atoms with van der Waals surface area (Å²) in [6, 6.07) is 0. The third-order valence-corrected chi connectivity index (χ3v) is 8.15. The molecule has 0 spiro atoms. The lowest BCUT2D eigenvalue weighted by molar-refractivity contribution is 0.176. The molecule has 0 N–H and O–H groups in total. The van der Waals surface area contributed by atoms with E-state index >= 15 is 0 Å². The fourth-order valence-corrected chi connectivity index (χ4v) is 2.68. The Morgan fingerprint density at radius 1 is 0.944 bits per heavy atom. The Bertz CT molecular complexity index is 276. The van der Waals surface area contributed by atoms with Crippen LogP contribution >= 0.6 is 0 Å². The molecule has 0 saturated carbocycles. The second-order valence-corrected chi connectivity index (χ2v) is 13.1. The molecule has 0 aliphatic carbocycles. The van der Waals surface area contributed by atoms with E-state index in [9.17, 15) is 0 Å². The van der Waals surface area contributed by atoms with Gasteiger partial charge in [0.15, 0.2) is 8.32 Å². The Labute approximate surface area is 116 Å². The highest BCUT2D eigenvalue weighted by molar-refractivity contribution is 6.74. The highest BCUT2D eigenvalue weighted by atomic mass is 28.4. The van der Waals surface area contributed by atoms with E-state index in [2.05, 4.69) is 80.6 Å². The first-order valence-corrected chi connectivity index (χ1v) is 10.0. The van der Waals surface area contributed by atoms with E-state index in [1.165, 1.54) is 0 Å². The molecule has 108 valence electrons. The van der Waals surface area contributed by atoms with Gasteiger partial charge in [0.25, 0.3) is 0 Å². The van der Waals surface area contributed by atoms with Crippen LogP contribution in [0.2, 0.25) is 18.1 Å². The van der Waals surface area contributed by atoms with E-state index in [4.69, 9.17) is 4.43 Å². The van der Waals surface area contributed by atoms with E-state index in [0.717, 1.165) is 0 Å². The van der Waals surface area contributed by atoms with Gasteiger partial charge in [0, 0.05) is 0 Å². The van der Waals surface area contributed by atoms with Gasteiger partial charge in [-0.3, -0.25) is 0 Å². The Hall–Kier alpha value is -0.0831. The van der Waals surface area contributed by atoms with E-state index < -0.39 is 8.32 Å². The molecule has 0 fully saturated rings. The molecule has 0 aromatic heterocycles. The van der Waals surface area contributed by atoms with Crippen molar-refractivity contribution in [3.63, 3.8) is 0 Å². The highest BCUT2D eigenvalue weighted by Gasteiger charge is 2.39. The zero-order valence-electron chi connectivity index (χ0n) is 14.2. The van der Waals surface area contributed by atoms with Crippen LogP contribution < -0.4 is 0 Å². The second kappa shape index (κ2) is 5.92. The standard InChI is InChI=1S/C16H34OSi/c1-13(2)14(11-12-15(3,4)5)17-18(9,10)16(6,7)8/h11-14H,1-10H3/b12-11+. The van der Waals surface area contributed by atoms with Crippen molar-refractivity contribution in [3.05, 3.63) is 12.2 Å². The predicted molar refractivity (Wildman–Crippen MR) is 85.5 cm³/mol. The minimum atomic E-state index is -1.68. The Morgan fingerprint density at radius 2 is 1.39 bits per heavy atom. The smallest absolute Gasteiger partial charge is 0.192 e. The van der Waals surface area contributed by atoms with Gasteiger partial charge >= 0.3 is 0 Å². The van der Waals surface area contributed by atoms with Crippen LogP contribution in [0.15, 0.2) is 12.2 Å². The lowest BCUT2D eigenvalue weighted by Gasteiger charge is -2.39. The molecule has 0 bridgehead atoms. The molecule has 0 rings (SSSR count). The van der Waals surface area contributed by atoms with Crippen molar-refractivity contribution in [2.75, 3.05) is 0 Å². The first-order valence-electron chi connectivity index (χ1n) is 7.13. The Balaban J connectivity index is 4.92. The summed E-state index contributed by atoms with van der Waals surface area (Å²) >= 11 is 0. The first kappa shape index (κ1) is 17.9. The average molecular weight is 271 g/mol. The Morgan fingerprint density at radius 3 is 1.67 bits per heavy atom. The van der Waals surface area contributed by atoms with Gasteiger partial charge in [-0.25, -0.2) is 0 Å². The van der Waals surface area contributed by atoms with E-state index in [1.807, 2.05) is 0 Å². The van der Waals surface area contributed by atoms with Crippen LogP contribution in [0, 0.1) is 11.3 Å². The summed E-state index contributed by atoms with van der Waals surface area (Å²) in [5, 5.41) is 0.274. The maximum Gasteiger partial charge on any atom is 0.192 e. The van der Waals surface area contributed by atoms with Crippen LogP contribution in [0.3, 0.4) is 0 Å². The molecule has 0 heterocycles. The van der Waals surface area contributed by atoms with E-state index in [1.54, 1.807) is 0 Å². The normalized spacial score (nSPS) is 16.6. The number of hydrogen-bond donors (Lipinski definition) is 0. The first-order chi connectivity index (χ1) is 7.76. The summed E-state index contributed by atoms with van der Waals surface area (Å²) in [7, 11) is -1.68. The van der Waals surface area contributed by atoms with Crippen LogP contribution in [0.5, 0.6) is 0 Å². The van der Waals surface area contributed by atoms with E-state index in [-0.39, 0.29) is 16.6 Å². The molecule has 0 aromatic carbocycles. The third kappa shape index (κ3) is 6.19. The second-order valence-electron chi connectivity index (χ2n) is 8.31. The van der Waals surface area contributed by atoms with Crippen molar-refractivity contribution < 1.29 is 4.43 Å². The van der Waals surface area contributed by atoms with Crippen LogP contribution in [0.25, 0.3) is 0 Å². The molecule has 2 heteroatoms. The third-order valence-electron chi connectivity index (χ3n) is 3.68. The summed E-state index contributed by atoms with van der Waals surface area (Å²) in [5.74, 6) is 0.526. The van der Waals surface area contributed by atoms with Crippen LogP contribution in [-0.4, -0.2) is 14.4 Å². The molecule has 0 aliphatic heterocycles. The van der Waals surface area contributed by atoms with Crippen molar-refractivity contribution in [3.8, 4) is 0 Å². The van der Waals surface area contributed by atoms with Crippen molar-refractivity contribution in [1.29, 1.82) is 0 Å². The van der Waals surface area contributed by atoms with Gasteiger partial charge in [0.1, 0.15) is 0 Å². The molecule has 0 aliphatic rings. The summed E-state index contributed by atoms with van der Waals surface area (Å²) in [6.45, 7) is 22.7. The number of hydrogen-bond acceptors (Lipinski definition) is 1. The SMILES string of the molecule is CC(C)C(/C=C/C(C)(C)C)O[Si](C)(C)C(C)(C)C. The fraction of sp³-hybridized carbons (Fsp3) is 0.875. The van der Waals surface area contributed by atoms with Crippen LogP contribution in [0.1, 0.15) is 55.4 Å². The van der Waals surface area contributed by atoms with Gasteiger partial charge in [-0.2, -0.15) is 0 Å². The molecule has 0 aromatic rings. The summed E-state index contributed by atoms with van der Waals surface area (Å²) in [4.78, 5) is 0. The van der Waals surface area contributed by atoms with Gasteiger partial charge in [0.05, 0.1) is 6.10 Å². The minimum Gasteiger partial charge on any atom is -0.410 e. The summed E-state index contributed by atoms with van der Waals surface area (Å²) in [5.41, 5.74) is 0.226. The predicted octanol–water partition coefficient (Wildman–Crippen LogP) is 5.64. The van der Waals surface area contributed by atoms with Crippen LogP contribution in [-0.2, 0) is 4.43 Å². The minimum absolute atomic E-state index is 0.226. The van der Waals surface area contributed by atoms with E-state index in [0.29, 0.717) is 5.92 Å². The van der Waals surface area contributed by atoms with Gasteiger partial charge < -0.3 is 4.43 Å². The van der Waals surface area contributed by atoms with Crippen molar-refractivity contribution in [2.45, 2.75) is 79.6 Å². The molecule has 0 radical (unpaired) electrons. The number of rotatable bonds is 4. The van der Waals surface area contributed by atoms with Gasteiger partial charge in [-0.1, -0.05) is 67.5 Å². The zero-order chi connectivity index (χ0) is 14.8. The lowest BCUT2D eigenvalue weighted by atomic mass is 9.94. The van der Waals surface area contributed by atoms with Crippen molar-refractivity contribution in [1.82, 2.24) is 0 Å². The quantitative estimate of drug-likeness (QED) is 0.475. The van der Waals surface area contributed by atoms with Crippen molar-refractivity contribution in [2.24, 2.45) is 11.3 Å². The maximum absolute atomic E-state index is 6.51. The van der Waals surface area contributed by atoms with Gasteiger partial charge in [0.2, 0.25) is 0 Å². The topological polar surface area (TPSA) is 9.23 Å². The average Bonchev–Trinajstić information content (AvgIpc) is 2.08. The molecular weight excluding hydrogens is 236 g/mol. The molecule has 1 atom stereocenters.